The monoisotopic (exact) mass is 302 g/mol. The molecule has 0 aliphatic rings. The van der Waals surface area contributed by atoms with Crippen LogP contribution in [0.2, 0.25) is 0 Å². The zero-order valence-electron chi connectivity index (χ0n) is 13.3. The maximum atomic E-state index is 11.9. The molecule has 0 atom stereocenters. The van der Waals surface area contributed by atoms with Crippen molar-refractivity contribution in [3.8, 4) is 11.3 Å². The number of rotatable bonds is 6. The molecule has 2 aromatic rings. The molecule has 0 aliphatic carbocycles. The largest absolute Gasteiger partial charge is 0.390 e. The summed E-state index contributed by atoms with van der Waals surface area (Å²) in [5.74, 6) is -0.110. The van der Waals surface area contributed by atoms with Gasteiger partial charge >= 0.3 is 0 Å². The Kier molecular flexibility index (Phi) is 5.27. The highest BCUT2D eigenvalue weighted by atomic mass is 16.3. The fourth-order valence-corrected chi connectivity index (χ4v) is 2.23. The Morgan fingerprint density at radius 3 is 2.73 bits per heavy atom. The average molecular weight is 302 g/mol. The predicted octanol–water partition coefficient (Wildman–Crippen LogP) is 1.58. The molecule has 0 saturated carbocycles. The Balaban J connectivity index is 2.34. The van der Waals surface area contributed by atoms with Crippen LogP contribution in [0, 0.1) is 13.8 Å². The molecule has 1 heterocycles. The van der Waals surface area contributed by atoms with Crippen molar-refractivity contribution in [1.82, 2.24) is 20.3 Å². The SMILES string of the molecule is CCCNC(=O)Cn1nnc(CO)c1-c1ccc(C)c(C)c1. The lowest BCUT2D eigenvalue weighted by Crippen LogP contribution is -2.28. The third-order valence-corrected chi connectivity index (χ3v) is 3.60. The van der Waals surface area contributed by atoms with E-state index < -0.39 is 0 Å². The van der Waals surface area contributed by atoms with E-state index in [0.29, 0.717) is 17.9 Å². The lowest BCUT2D eigenvalue weighted by molar-refractivity contribution is -0.121. The van der Waals surface area contributed by atoms with E-state index in [2.05, 4.69) is 15.6 Å². The molecule has 2 rings (SSSR count). The van der Waals surface area contributed by atoms with Crippen LogP contribution in [0.15, 0.2) is 18.2 Å². The van der Waals surface area contributed by atoms with Crippen molar-refractivity contribution in [2.24, 2.45) is 0 Å². The van der Waals surface area contributed by atoms with Crippen molar-refractivity contribution < 1.29 is 9.90 Å². The van der Waals surface area contributed by atoms with Crippen molar-refractivity contribution in [3.63, 3.8) is 0 Å². The molecule has 0 unspecified atom stereocenters. The van der Waals surface area contributed by atoms with E-state index in [4.69, 9.17) is 0 Å². The first-order valence-corrected chi connectivity index (χ1v) is 7.44. The number of nitrogens with one attached hydrogen (secondary N) is 1. The Hall–Kier alpha value is -2.21. The number of aliphatic hydroxyl groups excluding tert-OH is 1. The molecule has 1 aromatic heterocycles. The number of aryl methyl sites for hydroxylation is 2. The van der Waals surface area contributed by atoms with Crippen molar-refractivity contribution in [2.75, 3.05) is 6.54 Å². The Labute approximate surface area is 130 Å². The first kappa shape index (κ1) is 16.2. The topological polar surface area (TPSA) is 80.0 Å². The van der Waals surface area contributed by atoms with Gasteiger partial charge in [0.15, 0.2) is 0 Å². The molecule has 22 heavy (non-hydrogen) atoms. The van der Waals surface area contributed by atoms with Gasteiger partial charge in [-0.05, 0) is 37.5 Å². The zero-order valence-corrected chi connectivity index (χ0v) is 13.3. The second kappa shape index (κ2) is 7.17. The van der Waals surface area contributed by atoms with Crippen molar-refractivity contribution in [3.05, 3.63) is 35.0 Å². The van der Waals surface area contributed by atoms with Gasteiger partial charge in [-0.1, -0.05) is 24.3 Å². The summed E-state index contributed by atoms with van der Waals surface area (Å²) in [5.41, 5.74) is 4.41. The van der Waals surface area contributed by atoms with E-state index in [1.807, 2.05) is 39.0 Å². The minimum atomic E-state index is -0.209. The Morgan fingerprint density at radius 2 is 2.09 bits per heavy atom. The standard InChI is InChI=1S/C16H22N4O2/c1-4-7-17-15(22)9-20-16(14(10-21)18-19-20)13-6-5-11(2)12(3)8-13/h5-6,8,21H,4,7,9-10H2,1-3H3,(H,17,22). The van der Waals surface area contributed by atoms with E-state index in [-0.39, 0.29) is 19.1 Å². The molecule has 2 N–H and O–H groups in total. The normalized spacial score (nSPS) is 10.7. The molecule has 0 bridgehead atoms. The van der Waals surface area contributed by atoms with Gasteiger partial charge in [-0.25, -0.2) is 4.68 Å². The molecule has 0 saturated heterocycles. The zero-order chi connectivity index (χ0) is 16.1. The van der Waals surface area contributed by atoms with Crippen LogP contribution >= 0.6 is 0 Å². The lowest BCUT2D eigenvalue weighted by Gasteiger charge is -2.10. The fourth-order valence-electron chi connectivity index (χ4n) is 2.23. The van der Waals surface area contributed by atoms with Crippen LogP contribution in [0.4, 0.5) is 0 Å². The van der Waals surface area contributed by atoms with E-state index in [9.17, 15) is 9.90 Å². The van der Waals surface area contributed by atoms with Crippen molar-refractivity contribution >= 4 is 5.91 Å². The van der Waals surface area contributed by atoms with Gasteiger partial charge in [0.25, 0.3) is 0 Å². The Bertz CT molecular complexity index is 664. The summed E-state index contributed by atoms with van der Waals surface area (Å²) in [6, 6.07) is 5.99. The molecule has 6 heteroatoms. The minimum Gasteiger partial charge on any atom is -0.390 e. The molecule has 1 aromatic carbocycles. The predicted molar refractivity (Wildman–Crippen MR) is 84.2 cm³/mol. The van der Waals surface area contributed by atoms with Gasteiger partial charge in [0.2, 0.25) is 5.91 Å². The summed E-state index contributed by atoms with van der Waals surface area (Å²) >= 11 is 0. The molecule has 0 fully saturated rings. The van der Waals surface area contributed by atoms with Crippen LogP contribution in [0.3, 0.4) is 0 Å². The number of hydrogen-bond acceptors (Lipinski definition) is 4. The molecular formula is C16H22N4O2. The van der Waals surface area contributed by atoms with E-state index >= 15 is 0 Å². The van der Waals surface area contributed by atoms with Gasteiger partial charge in [0.05, 0.1) is 12.3 Å². The number of amides is 1. The van der Waals surface area contributed by atoms with Crippen LogP contribution in [0.25, 0.3) is 11.3 Å². The number of aliphatic hydroxyl groups is 1. The van der Waals surface area contributed by atoms with Crippen molar-refractivity contribution in [1.29, 1.82) is 0 Å². The summed E-state index contributed by atoms with van der Waals surface area (Å²) in [6.07, 6.45) is 0.884. The summed E-state index contributed by atoms with van der Waals surface area (Å²) < 4.78 is 1.54. The molecular weight excluding hydrogens is 280 g/mol. The number of carbonyl (C=O) groups excluding carboxylic acids is 1. The first-order valence-electron chi connectivity index (χ1n) is 7.44. The smallest absolute Gasteiger partial charge is 0.241 e. The number of aromatic nitrogens is 3. The summed E-state index contributed by atoms with van der Waals surface area (Å²) in [6.45, 7) is 6.59. The summed E-state index contributed by atoms with van der Waals surface area (Å²) in [4.78, 5) is 11.9. The third-order valence-electron chi connectivity index (χ3n) is 3.60. The minimum absolute atomic E-state index is 0.0925. The average Bonchev–Trinajstić information content (AvgIpc) is 2.90. The van der Waals surface area contributed by atoms with Crippen LogP contribution < -0.4 is 5.32 Å². The summed E-state index contributed by atoms with van der Waals surface area (Å²) in [7, 11) is 0. The summed E-state index contributed by atoms with van der Waals surface area (Å²) in [5, 5.41) is 20.3. The Morgan fingerprint density at radius 1 is 1.32 bits per heavy atom. The number of hydrogen-bond donors (Lipinski definition) is 2. The van der Waals surface area contributed by atoms with Gasteiger partial charge in [-0.3, -0.25) is 4.79 Å². The van der Waals surface area contributed by atoms with Gasteiger partial charge in [0.1, 0.15) is 12.2 Å². The number of benzene rings is 1. The molecule has 1 amide bonds. The van der Waals surface area contributed by atoms with Crippen LogP contribution in [-0.4, -0.2) is 32.6 Å². The quantitative estimate of drug-likeness (QED) is 0.849. The van der Waals surface area contributed by atoms with Crippen LogP contribution in [-0.2, 0) is 17.9 Å². The van der Waals surface area contributed by atoms with Gasteiger partial charge < -0.3 is 10.4 Å². The second-order valence-electron chi connectivity index (χ2n) is 5.35. The fraction of sp³-hybridized carbons (Fsp3) is 0.438. The number of nitrogens with zero attached hydrogens (tertiary/aromatic N) is 3. The molecule has 0 aliphatic heterocycles. The number of carbonyl (C=O) groups is 1. The van der Waals surface area contributed by atoms with E-state index in [0.717, 1.165) is 17.5 Å². The van der Waals surface area contributed by atoms with Gasteiger partial charge in [-0.2, -0.15) is 0 Å². The highest BCUT2D eigenvalue weighted by Crippen LogP contribution is 2.24. The molecule has 6 nitrogen and oxygen atoms in total. The molecule has 0 radical (unpaired) electrons. The second-order valence-corrected chi connectivity index (χ2v) is 5.35. The third kappa shape index (κ3) is 3.51. The van der Waals surface area contributed by atoms with Crippen molar-refractivity contribution in [2.45, 2.75) is 40.3 Å². The van der Waals surface area contributed by atoms with Gasteiger partial charge in [0, 0.05) is 12.1 Å². The maximum Gasteiger partial charge on any atom is 0.241 e. The maximum absolute atomic E-state index is 11.9. The molecule has 0 spiro atoms. The first-order chi connectivity index (χ1) is 10.6. The van der Waals surface area contributed by atoms with Crippen LogP contribution in [0.5, 0.6) is 0 Å². The lowest BCUT2D eigenvalue weighted by atomic mass is 10.0. The van der Waals surface area contributed by atoms with Gasteiger partial charge in [-0.15, -0.1) is 5.10 Å². The highest BCUT2D eigenvalue weighted by Gasteiger charge is 2.16. The highest BCUT2D eigenvalue weighted by molar-refractivity contribution is 5.76. The van der Waals surface area contributed by atoms with E-state index in [1.165, 1.54) is 5.56 Å². The molecule has 118 valence electrons. The van der Waals surface area contributed by atoms with Crippen LogP contribution in [0.1, 0.15) is 30.2 Å². The van der Waals surface area contributed by atoms with E-state index in [1.54, 1.807) is 4.68 Å².